The minimum absolute atomic E-state index is 0.0885. The lowest BCUT2D eigenvalue weighted by Crippen LogP contribution is -2.13. The number of halogens is 1. The Bertz CT molecular complexity index is 716. The third-order valence-corrected chi connectivity index (χ3v) is 4.58. The van der Waals surface area contributed by atoms with Crippen LogP contribution in [0.4, 0.5) is 10.1 Å². The van der Waals surface area contributed by atoms with Gasteiger partial charge in [0.2, 0.25) is 0 Å². The summed E-state index contributed by atoms with van der Waals surface area (Å²) in [6.07, 6.45) is 3.88. The summed E-state index contributed by atoms with van der Waals surface area (Å²) in [6.45, 7) is 6.14. The molecule has 0 saturated heterocycles. The van der Waals surface area contributed by atoms with Crippen LogP contribution in [-0.2, 0) is 6.42 Å². The summed E-state index contributed by atoms with van der Waals surface area (Å²) in [4.78, 5) is 4.37. The predicted octanol–water partition coefficient (Wildman–Crippen LogP) is 5.12. The average molecular weight is 345 g/mol. The van der Waals surface area contributed by atoms with Gasteiger partial charge >= 0.3 is 0 Å². The summed E-state index contributed by atoms with van der Waals surface area (Å²) < 4.78 is 14.0. The van der Waals surface area contributed by atoms with Crippen molar-refractivity contribution in [3.05, 3.63) is 64.6 Å². The first-order valence-electron chi connectivity index (χ1n) is 8.29. The molecule has 0 fully saturated rings. The molecular weight excluding hydrogens is 321 g/mol. The lowest BCUT2D eigenvalue weighted by atomic mass is 10.1. The predicted molar refractivity (Wildman–Crippen MR) is 102 cm³/mol. The van der Waals surface area contributed by atoms with E-state index in [4.69, 9.17) is 5.73 Å². The number of aromatic nitrogens is 1. The first-order chi connectivity index (χ1) is 11.7. The molecule has 0 saturated carbocycles. The number of hydrogen-bond donors (Lipinski definition) is 2. The molecule has 24 heavy (non-hydrogen) atoms. The summed E-state index contributed by atoms with van der Waals surface area (Å²) >= 11 is 1.64. The summed E-state index contributed by atoms with van der Waals surface area (Å²) in [7, 11) is 0. The lowest BCUT2D eigenvalue weighted by molar-refractivity contribution is 0.622. The summed E-state index contributed by atoms with van der Waals surface area (Å²) in [5.41, 5.74) is 9.62. The second-order valence-electron chi connectivity index (χ2n) is 5.26. The maximum absolute atomic E-state index is 14.0. The molecule has 3 nitrogen and oxygen atoms in total. The van der Waals surface area contributed by atoms with Gasteiger partial charge in [0.05, 0.1) is 5.70 Å². The standard InChI is InChI=1S/C17H18FN3S.C2H6/c1-2-3-13-8-11(6-7-20-13)17-21-16(10-22-17)14-5-4-12(19)9-15(14)18;1-2/h4-10,17,21H,2-3,19H2,1H3;1-2H3. The molecule has 1 aliphatic heterocycles. The van der Waals surface area contributed by atoms with Gasteiger partial charge < -0.3 is 11.1 Å². The highest BCUT2D eigenvalue weighted by molar-refractivity contribution is 8.02. The monoisotopic (exact) mass is 345 g/mol. The fourth-order valence-corrected chi connectivity index (χ4v) is 3.42. The van der Waals surface area contributed by atoms with Crippen molar-refractivity contribution < 1.29 is 4.39 Å². The maximum atomic E-state index is 14.0. The number of thioether (sulfide) groups is 1. The van der Waals surface area contributed by atoms with Gasteiger partial charge in [-0.15, -0.1) is 11.8 Å². The van der Waals surface area contributed by atoms with Gasteiger partial charge in [0.25, 0.3) is 0 Å². The highest BCUT2D eigenvalue weighted by Crippen LogP contribution is 2.38. The van der Waals surface area contributed by atoms with E-state index in [1.807, 2.05) is 31.5 Å². The van der Waals surface area contributed by atoms with Crippen LogP contribution in [0.1, 0.15) is 49.4 Å². The van der Waals surface area contributed by atoms with Crippen molar-refractivity contribution in [1.82, 2.24) is 10.3 Å². The molecule has 3 N–H and O–H groups in total. The van der Waals surface area contributed by atoms with Crippen LogP contribution in [0.3, 0.4) is 0 Å². The Labute approximate surface area is 147 Å². The first-order valence-corrected chi connectivity index (χ1v) is 9.24. The summed E-state index contributed by atoms with van der Waals surface area (Å²) in [6, 6.07) is 8.89. The minimum Gasteiger partial charge on any atom is -0.399 e. The number of nitrogens with two attached hydrogens (primary N) is 1. The Balaban J connectivity index is 0.00000100. The third-order valence-electron chi connectivity index (χ3n) is 3.54. The van der Waals surface area contributed by atoms with E-state index < -0.39 is 0 Å². The molecular formula is C19H24FN3S. The van der Waals surface area contributed by atoms with Crippen molar-refractivity contribution in [2.45, 2.75) is 39.0 Å². The zero-order valence-corrected chi connectivity index (χ0v) is 15.2. The number of rotatable bonds is 4. The average Bonchev–Trinajstić information content (AvgIpc) is 3.07. The van der Waals surface area contributed by atoms with Crippen LogP contribution in [0.25, 0.3) is 5.70 Å². The molecule has 1 aromatic heterocycles. The number of pyridine rings is 1. The Morgan fingerprint density at radius 1 is 1.25 bits per heavy atom. The highest BCUT2D eigenvalue weighted by Gasteiger charge is 2.21. The van der Waals surface area contributed by atoms with Gasteiger partial charge in [0, 0.05) is 23.1 Å². The second-order valence-corrected chi connectivity index (χ2v) is 6.24. The minimum atomic E-state index is -0.304. The number of aryl methyl sites for hydroxylation is 1. The van der Waals surface area contributed by atoms with Gasteiger partial charge in [0.15, 0.2) is 0 Å². The van der Waals surface area contributed by atoms with E-state index >= 15 is 0 Å². The highest BCUT2D eigenvalue weighted by atomic mass is 32.2. The molecule has 0 aliphatic carbocycles. The molecule has 3 rings (SSSR count). The van der Waals surface area contributed by atoms with Crippen LogP contribution in [0.2, 0.25) is 0 Å². The van der Waals surface area contributed by atoms with E-state index in [1.54, 1.807) is 23.9 Å². The molecule has 0 radical (unpaired) electrons. The Morgan fingerprint density at radius 2 is 2.04 bits per heavy atom. The van der Waals surface area contributed by atoms with Gasteiger partial charge in [0.1, 0.15) is 11.2 Å². The number of benzene rings is 1. The van der Waals surface area contributed by atoms with E-state index in [2.05, 4.69) is 23.3 Å². The maximum Gasteiger partial charge on any atom is 0.134 e. The molecule has 1 atom stereocenters. The van der Waals surface area contributed by atoms with Crippen LogP contribution >= 0.6 is 11.8 Å². The van der Waals surface area contributed by atoms with Crippen molar-refractivity contribution in [1.29, 1.82) is 0 Å². The van der Waals surface area contributed by atoms with Gasteiger partial charge in [-0.25, -0.2) is 4.39 Å². The van der Waals surface area contributed by atoms with Crippen LogP contribution < -0.4 is 11.1 Å². The van der Waals surface area contributed by atoms with Gasteiger partial charge in [-0.3, -0.25) is 4.98 Å². The summed E-state index contributed by atoms with van der Waals surface area (Å²) in [5, 5.41) is 5.41. The van der Waals surface area contributed by atoms with Crippen LogP contribution in [0.5, 0.6) is 0 Å². The van der Waals surface area contributed by atoms with Crippen molar-refractivity contribution in [2.75, 3.05) is 5.73 Å². The van der Waals surface area contributed by atoms with Crippen molar-refractivity contribution in [2.24, 2.45) is 0 Å². The molecule has 1 aliphatic rings. The van der Waals surface area contributed by atoms with E-state index in [0.717, 1.165) is 29.8 Å². The molecule has 128 valence electrons. The zero-order chi connectivity index (χ0) is 17.5. The normalized spacial score (nSPS) is 16.0. The van der Waals surface area contributed by atoms with E-state index in [1.165, 1.54) is 6.07 Å². The molecule has 0 amide bonds. The van der Waals surface area contributed by atoms with Crippen LogP contribution in [0, 0.1) is 5.82 Å². The van der Waals surface area contributed by atoms with Crippen molar-refractivity contribution in [3.63, 3.8) is 0 Å². The second kappa shape index (κ2) is 8.73. The topological polar surface area (TPSA) is 50.9 Å². The molecule has 0 spiro atoms. The molecule has 5 heteroatoms. The molecule has 2 aromatic rings. The van der Waals surface area contributed by atoms with Gasteiger partial charge in [-0.1, -0.05) is 27.2 Å². The molecule has 1 aromatic carbocycles. The number of nitrogen functional groups attached to an aromatic ring is 1. The fourth-order valence-electron chi connectivity index (χ4n) is 2.45. The third kappa shape index (κ3) is 4.29. The molecule has 1 unspecified atom stereocenters. The van der Waals surface area contributed by atoms with Crippen molar-refractivity contribution in [3.8, 4) is 0 Å². The first kappa shape index (κ1) is 18.3. The number of hydrogen-bond acceptors (Lipinski definition) is 4. The van der Waals surface area contributed by atoms with Gasteiger partial charge in [-0.2, -0.15) is 0 Å². The quantitative estimate of drug-likeness (QED) is 0.756. The van der Waals surface area contributed by atoms with Crippen LogP contribution in [0.15, 0.2) is 41.9 Å². The van der Waals surface area contributed by atoms with E-state index in [-0.39, 0.29) is 11.2 Å². The molecule has 2 heterocycles. The zero-order valence-electron chi connectivity index (χ0n) is 14.3. The largest absolute Gasteiger partial charge is 0.399 e. The molecule has 0 bridgehead atoms. The fraction of sp³-hybridized carbons (Fsp3) is 0.316. The number of nitrogens with one attached hydrogen (secondary N) is 1. The van der Waals surface area contributed by atoms with Crippen LogP contribution in [-0.4, -0.2) is 4.98 Å². The Kier molecular flexibility index (Phi) is 6.67. The lowest BCUT2D eigenvalue weighted by Gasteiger charge is -2.14. The Morgan fingerprint density at radius 3 is 2.75 bits per heavy atom. The number of nitrogens with zero attached hydrogens (tertiary/aromatic N) is 1. The smallest absolute Gasteiger partial charge is 0.134 e. The van der Waals surface area contributed by atoms with Crippen molar-refractivity contribution >= 4 is 23.1 Å². The van der Waals surface area contributed by atoms with E-state index in [0.29, 0.717) is 11.3 Å². The SMILES string of the molecule is CC.CCCc1cc(C2NC(c3ccc(N)cc3F)=CS2)ccn1. The number of anilines is 1. The van der Waals surface area contributed by atoms with Gasteiger partial charge in [-0.05, 0) is 47.7 Å². The van der Waals surface area contributed by atoms with E-state index in [9.17, 15) is 4.39 Å². The summed E-state index contributed by atoms with van der Waals surface area (Å²) in [5.74, 6) is -0.304. The Hall–Kier alpha value is -2.01.